The molecule has 5 nitrogen and oxygen atoms in total. The fraction of sp³-hybridized carbons (Fsp3) is 0.364. The molecule has 1 atom stereocenters. The van der Waals surface area contributed by atoms with E-state index in [1.165, 1.54) is 0 Å². The zero-order chi connectivity index (χ0) is 13.4. The number of carbonyl (C=O) groups is 1. The molecule has 0 aliphatic carbocycles. The standard InChI is InChI=1S/C9H13O3P.C2H4O2/c1-10-6-4-7(11-2)9(13)8(5-6)12-3;1-2(3)4/h4-5H,13H2,1-3H3;1H3,(H,3,4). The van der Waals surface area contributed by atoms with Gasteiger partial charge in [-0.15, -0.1) is 0 Å². The van der Waals surface area contributed by atoms with Gasteiger partial charge in [-0.3, -0.25) is 4.79 Å². The summed E-state index contributed by atoms with van der Waals surface area (Å²) in [6.45, 7) is 1.08. The van der Waals surface area contributed by atoms with Gasteiger partial charge in [-0.05, 0) is 0 Å². The highest BCUT2D eigenvalue weighted by Gasteiger charge is 2.07. The summed E-state index contributed by atoms with van der Waals surface area (Å²) in [5.74, 6) is 1.36. The highest BCUT2D eigenvalue weighted by molar-refractivity contribution is 7.28. The van der Waals surface area contributed by atoms with Crippen LogP contribution >= 0.6 is 9.24 Å². The first-order chi connectivity index (χ1) is 7.96. The highest BCUT2D eigenvalue weighted by atomic mass is 31.0. The molecule has 0 amide bonds. The summed E-state index contributed by atoms with van der Waals surface area (Å²) in [6.07, 6.45) is 0. The summed E-state index contributed by atoms with van der Waals surface area (Å²) in [7, 11) is 7.41. The molecule has 6 heteroatoms. The van der Waals surface area contributed by atoms with Gasteiger partial charge in [0.15, 0.2) is 0 Å². The predicted octanol–water partition coefficient (Wildman–Crippen LogP) is 1.30. The van der Waals surface area contributed by atoms with Crippen LogP contribution in [0.4, 0.5) is 0 Å². The van der Waals surface area contributed by atoms with E-state index in [1.807, 2.05) is 12.1 Å². The normalized spacial score (nSPS) is 8.76. The van der Waals surface area contributed by atoms with Crippen LogP contribution in [-0.4, -0.2) is 32.4 Å². The van der Waals surface area contributed by atoms with Crippen LogP contribution in [0, 0.1) is 0 Å². The molecule has 0 radical (unpaired) electrons. The van der Waals surface area contributed by atoms with Crippen molar-refractivity contribution in [3.8, 4) is 17.2 Å². The summed E-state index contributed by atoms with van der Waals surface area (Å²) in [5.41, 5.74) is 0. The maximum atomic E-state index is 9.00. The number of methoxy groups -OCH3 is 3. The predicted molar refractivity (Wildman–Crippen MR) is 68.8 cm³/mol. The average molecular weight is 260 g/mol. The van der Waals surface area contributed by atoms with Crippen molar-refractivity contribution in [2.75, 3.05) is 21.3 Å². The lowest BCUT2D eigenvalue weighted by Gasteiger charge is -2.11. The number of hydrogen-bond acceptors (Lipinski definition) is 4. The first-order valence-corrected chi connectivity index (χ1v) is 5.29. The lowest BCUT2D eigenvalue weighted by Crippen LogP contribution is -2.03. The minimum absolute atomic E-state index is 0.722. The lowest BCUT2D eigenvalue weighted by atomic mass is 10.3. The largest absolute Gasteiger partial charge is 0.496 e. The molecule has 96 valence electrons. The number of ether oxygens (including phenoxy) is 3. The molecule has 0 fully saturated rings. The second kappa shape index (κ2) is 7.74. The maximum Gasteiger partial charge on any atom is 0.300 e. The smallest absolute Gasteiger partial charge is 0.300 e. The first kappa shape index (κ1) is 15.5. The Bertz CT molecular complexity index is 349. The molecule has 0 aliphatic heterocycles. The Balaban J connectivity index is 0.000000557. The van der Waals surface area contributed by atoms with Crippen LogP contribution < -0.4 is 19.5 Å². The van der Waals surface area contributed by atoms with Crippen LogP contribution in [0.2, 0.25) is 0 Å². The van der Waals surface area contributed by atoms with Gasteiger partial charge in [0, 0.05) is 19.1 Å². The quantitative estimate of drug-likeness (QED) is 0.830. The van der Waals surface area contributed by atoms with E-state index in [-0.39, 0.29) is 0 Å². The zero-order valence-corrected chi connectivity index (χ0v) is 11.5. The van der Waals surface area contributed by atoms with Gasteiger partial charge in [-0.25, -0.2) is 0 Å². The third-order valence-corrected chi connectivity index (χ3v) is 2.32. The van der Waals surface area contributed by atoms with E-state index in [1.54, 1.807) is 21.3 Å². The van der Waals surface area contributed by atoms with Gasteiger partial charge in [0.25, 0.3) is 5.97 Å². The molecule has 0 aliphatic rings. The molecule has 17 heavy (non-hydrogen) atoms. The van der Waals surface area contributed by atoms with Crippen LogP contribution in [0.1, 0.15) is 6.92 Å². The summed E-state index contributed by atoms with van der Waals surface area (Å²) < 4.78 is 15.4. The molecule has 1 unspecified atom stereocenters. The third kappa shape index (κ3) is 5.41. The third-order valence-electron chi connectivity index (χ3n) is 1.75. The molecule has 0 spiro atoms. The second-order valence-electron chi connectivity index (χ2n) is 2.96. The molecule has 1 aromatic carbocycles. The average Bonchev–Trinajstić information content (AvgIpc) is 2.28. The monoisotopic (exact) mass is 260 g/mol. The van der Waals surface area contributed by atoms with Gasteiger partial charge < -0.3 is 19.3 Å². The van der Waals surface area contributed by atoms with Crippen molar-refractivity contribution in [2.24, 2.45) is 0 Å². The first-order valence-electron chi connectivity index (χ1n) is 4.71. The SMILES string of the molecule is CC(=O)O.COc1cc(OC)c(P)c(OC)c1. The summed E-state index contributed by atoms with van der Waals surface area (Å²) in [4.78, 5) is 9.00. The Morgan fingerprint density at radius 1 is 1.12 bits per heavy atom. The van der Waals surface area contributed by atoms with Gasteiger partial charge in [0.2, 0.25) is 0 Å². The van der Waals surface area contributed by atoms with E-state index in [0.29, 0.717) is 0 Å². The van der Waals surface area contributed by atoms with E-state index in [0.717, 1.165) is 29.5 Å². The van der Waals surface area contributed by atoms with Crippen molar-refractivity contribution in [2.45, 2.75) is 6.92 Å². The fourth-order valence-electron chi connectivity index (χ4n) is 1.03. The molecule has 0 bridgehead atoms. The molecule has 0 saturated carbocycles. The lowest BCUT2D eigenvalue weighted by molar-refractivity contribution is -0.134. The number of benzene rings is 1. The van der Waals surface area contributed by atoms with Crippen molar-refractivity contribution in [3.63, 3.8) is 0 Å². The number of hydrogen-bond donors (Lipinski definition) is 1. The summed E-state index contributed by atoms with van der Waals surface area (Å²) in [5, 5.41) is 8.31. The Morgan fingerprint density at radius 3 is 1.71 bits per heavy atom. The fourth-order valence-corrected chi connectivity index (χ4v) is 1.43. The van der Waals surface area contributed by atoms with Crippen molar-refractivity contribution in [1.29, 1.82) is 0 Å². The van der Waals surface area contributed by atoms with Crippen LogP contribution in [-0.2, 0) is 4.79 Å². The molecule has 0 saturated heterocycles. The van der Waals surface area contributed by atoms with Crippen molar-refractivity contribution in [3.05, 3.63) is 12.1 Å². The van der Waals surface area contributed by atoms with Gasteiger partial charge in [-0.1, -0.05) is 9.24 Å². The molecule has 1 aromatic rings. The maximum absolute atomic E-state index is 9.00. The molecular formula is C11H17O5P. The number of carboxylic acids is 1. The van der Waals surface area contributed by atoms with E-state index in [2.05, 4.69) is 9.24 Å². The van der Waals surface area contributed by atoms with Crippen LogP contribution in [0.25, 0.3) is 0 Å². The Kier molecular flexibility index (Phi) is 7.06. The van der Waals surface area contributed by atoms with Crippen LogP contribution in [0.5, 0.6) is 17.2 Å². The van der Waals surface area contributed by atoms with Gasteiger partial charge in [0.05, 0.1) is 26.6 Å². The van der Waals surface area contributed by atoms with E-state index < -0.39 is 5.97 Å². The second-order valence-corrected chi connectivity index (χ2v) is 3.54. The van der Waals surface area contributed by atoms with Gasteiger partial charge >= 0.3 is 0 Å². The van der Waals surface area contributed by atoms with Crippen molar-refractivity contribution >= 4 is 20.5 Å². The van der Waals surface area contributed by atoms with Crippen LogP contribution in [0.3, 0.4) is 0 Å². The van der Waals surface area contributed by atoms with Crippen molar-refractivity contribution < 1.29 is 24.1 Å². The number of carboxylic acid groups (broad SMARTS) is 1. The Labute approximate surface area is 103 Å². The summed E-state index contributed by atoms with van der Waals surface area (Å²) in [6, 6.07) is 3.62. The molecular weight excluding hydrogens is 243 g/mol. The minimum Gasteiger partial charge on any atom is -0.496 e. The number of rotatable bonds is 3. The van der Waals surface area contributed by atoms with E-state index in [4.69, 9.17) is 24.1 Å². The topological polar surface area (TPSA) is 65.0 Å². The molecule has 0 aromatic heterocycles. The van der Waals surface area contributed by atoms with E-state index in [9.17, 15) is 0 Å². The highest BCUT2D eigenvalue weighted by Crippen LogP contribution is 2.26. The number of aliphatic carboxylic acids is 1. The van der Waals surface area contributed by atoms with Gasteiger partial charge in [0.1, 0.15) is 17.2 Å². The van der Waals surface area contributed by atoms with Crippen LogP contribution in [0.15, 0.2) is 12.1 Å². The van der Waals surface area contributed by atoms with Crippen molar-refractivity contribution in [1.82, 2.24) is 0 Å². The Morgan fingerprint density at radius 2 is 1.47 bits per heavy atom. The molecule has 1 N–H and O–H groups in total. The molecule has 1 rings (SSSR count). The van der Waals surface area contributed by atoms with Gasteiger partial charge in [-0.2, -0.15) is 0 Å². The summed E-state index contributed by atoms with van der Waals surface area (Å²) >= 11 is 0. The Hall–Kier alpha value is -1.48. The van der Waals surface area contributed by atoms with E-state index >= 15 is 0 Å². The zero-order valence-electron chi connectivity index (χ0n) is 10.3. The minimum atomic E-state index is -0.833. The molecule has 0 heterocycles.